The Labute approximate surface area is 162 Å². The highest BCUT2D eigenvalue weighted by Crippen LogP contribution is 2.44. The van der Waals surface area contributed by atoms with Gasteiger partial charge in [0.1, 0.15) is 0 Å². The molecular formula is C23H29N3O. The molecule has 0 saturated carbocycles. The first-order chi connectivity index (χ1) is 13.0. The summed E-state index contributed by atoms with van der Waals surface area (Å²) >= 11 is 0. The number of hydrogen-bond donors (Lipinski definition) is 0. The predicted octanol–water partition coefficient (Wildman–Crippen LogP) is 3.79. The van der Waals surface area contributed by atoms with Crippen molar-refractivity contribution in [1.82, 2.24) is 14.8 Å². The smallest absolute Gasteiger partial charge is 0.255 e. The summed E-state index contributed by atoms with van der Waals surface area (Å²) in [6.07, 6.45) is 5.04. The molecule has 3 heterocycles. The lowest BCUT2D eigenvalue weighted by Crippen LogP contribution is -2.52. The Kier molecular flexibility index (Phi) is 4.77. The summed E-state index contributed by atoms with van der Waals surface area (Å²) in [4.78, 5) is 21.9. The number of carbonyl (C=O) groups is 1. The molecule has 2 aromatic rings. The number of likely N-dealkylation sites (tertiary alicyclic amines) is 2. The largest absolute Gasteiger partial charge is 0.338 e. The van der Waals surface area contributed by atoms with Gasteiger partial charge >= 0.3 is 0 Å². The van der Waals surface area contributed by atoms with E-state index in [0.29, 0.717) is 5.92 Å². The molecule has 0 N–H and O–H groups in total. The lowest BCUT2D eigenvalue weighted by Gasteiger charge is -2.43. The zero-order valence-electron chi connectivity index (χ0n) is 16.6. The second kappa shape index (κ2) is 7.08. The predicted molar refractivity (Wildman–Crippen MR) is 108 cm³/mol. The van der Waals surface area contributed by atoms with Gasteiger partial charge in [-0.05, 0) is 63.3 Å². The van der Waals surface area contributed by atoms with Crippen LogP contribution in [0.4, 0.5) is 0 Å². The van der Waals surface area contributed by atoms with Crippen LogP contribution in [0, 0.1) is 13.8 Å². The summed E-state index contributed by atoms with van der Waals surface area (Å²) in [7, 11) is 2.26. The molecule has 1 spiro atoms. The minimum absolute atomic E-state index is 0.134. The van der Waals surface area contributed by atoms with Gasteiger partial charge in [0.05, 0.1) is 5.56 Å². The van der Waals surface area contributed by atoms with Crippen LogP contribution in [-0.4, -0.2) is 52.9 Å². The number of carbonyl (C=O) groups excluding carboxylic acids is 1. The third-order valence-corrected chi connectivity index (χ3v) is 6.66. The van der Waals surface area contributed by atoms with Crippen molar-refractivity contribution in [2.75, 3.05) is 26.7 Å². The quantitative estimate of drug-likeness (QED) is 0.814. The maximum Gasteiger partial charge on any atom is 0.255 e. The van der Waals surface area contributed by atoms with E-state index in [1.54, 1.807) is 6.20 Å². The maximum absolute atomic E-state index is 13.0. The highest BCUT2D eigenvalue weighted by molar-refractivity contribution is 5.95. The van der Waals surface area contributed by atoms with E-state index in [2.05, 4.69) is 47.3 Å². The highest BCUT2D eigenvalue weighted by atomic mass is 16.2. The lowest BCUT2D eigenvalue weighted by atomic mass is 9.81. The summed E-state index contributed by atoms with van der Waals surface area (Å²) in [5, 5.41) is 0. The van der Waals surface area contributed by atoms with E-state index in [1.165, 1.54) is 12.0 Å². The molecule has 4 heteroatoms. The third kappa shape index (κ3) is 3.39. The van der Waals surface area contributed by atoms with Crippen molar-refractivity contribution in [2.45, 2.75) is 44.6 Å². The van der Waals surface area contributed by atoms with Gasteiger partial charge < -0.3 is 4.90 Å². The van der Waals surface area contributed by atoms with Gasteiger partial charge in [0.15, 0.2) is 0 Å². The van der Waals surface area contributed by atoms with Crippen molar-refractivity contribution in [3.63, 3.8) is 0 Å². The third-order valence-electron chi connectivity index (χ3n) is 6.66. The van der Waals surface area contributed by atoms with Gasteiger partial charge in [0.25, 0.3) is 5.91 Å². The van der Waals surface area contributed by atoms with E-state index in [-0.39, 0.29) is 11.4 Å². The molecule has 2 saturated heterocycles. The SMILES string of the molecule is Cc1cc(C)c(C(=O)N2CCC3(CC2)C[C@H](c2ccccc2)CN3C)cn1. The molecule has 1 aromatic carbocycles. The first-order valence-electron chi connectivity index (χ1n) is 9.97. The average Bonchev–Trinajstić information content (AvgIpc) is 2.99. The Hall–Kier alpha value is -2.20. The summed E-state index contributed by atoms with van der Waals surface area (Å²) in [5.41, 5.74) is 4.41. The molecule has 27 heavy (non-hydrogen) atoms. The fraction of sp³-hybridized carbons (Fsp3) is 0.478. The van der Waals surface area contributed by atoms with Crippen LogP contribution in [0.1, 0.15) is 52.4 Å². The summed E-state index contributed by atoms with van der Waals surface area (Å²) in [6, 6.07) is 12.9. The maximum atomic E-state index is 13.0. The number of aromatic nitrogens is 1. The van der Waals surface area contributed by atoms with Crippen LogP contribution >= 0.6 is 0 Å². The molecule has 2 aliphatic rings. The van der Waals surface area contributed by atoms with Crippen LogP contribution in [-0.2, 0) is 0 Å². The van der Waals surface area contributed by atoms with E-state index in [4.69, 9.17) is 0 Å². The van der Waals surface area contributed by atoms with Gasteiger partial charge in [-0.1, -0.05) is 30.3 Å². The number of nitrogens with zero attached hydrogens (tertiary/aromatic N) is 3. The molecule has 4 rings (SSSR count). The minimum atomic E-state index is 0.134. The van der Waals surface area contributed by atoms with Crippen LogP contribution in [0.5, 0.6) is 0 Å². The van der Waals surface area contributed by atoms with Gasteiger partial charge in [0.2, 0.25) is 0 Å². The number of amides is 1. The number of aryl methyl sites for hydroxylation is 2. The number of hydrogen-bond acceptors (Lipinski definition) is 3. The van der Waals surface area contributed by atoms with Crippen molar-refractivity contribution in [1.29, 1.82) is 0 Å². The zero-order chi connectivity index (χ0) is 19.0. The molecule has 1 aromatic heterocycles. The van der Waals surface area contributed by atoms with Crippen molar-refractivity contribution in [3.8, 4) is 0 Å². The summed E-state index contributed by atoms with van der Waals surface area (Å²) < 4.78 is 0. The van der Waals surface area contributed by atoms with E-state index in [1.807, 2.05) is 24.8 Å². The van der Waals surface area contributed by atoms with Crippen LogP contribution < -0.4 is 0 Å². The zero-order valence-corrected chi connectivity index (χ0v) is 16.6. The minimum Gasteiger partial charge on any atom is -0.338 e. The van der Waals surface area contributed by atoms with E-state index in [9.17, 15) is 4.79 Å². The standard InChI is InChI=1S/C23H29N3O/c1-17-13-18(2)24-15-21(17)22(27)26-11-9-23(10-12-26)14-20(16-25(23)3)19-7-5-4-6-8-19/h4-8,13,15,20H,9-12,14,16H2,1-3H3/t20-/m0/s1. The van der Waals surface area contributed by atoms with Gasteiger partial charge in [-0.3, -0.25) is 14.7 Å². The molecule has 0 unspecified atom stereocenters. The molecule has 142 valence electrons. The summed E-state index contributed by atoms with van der Waals surface area (Å²) in [5.74, 6) is 0.733. The topological polar surface area (TPSA) is 36.4 Å². The van der Waals surface area contributed by atoms with Crippen molar-refractivity contribution in [3.05, 3.63) is 65.0 Å². The number of piperidine rings is 1. The number of likely N-dealkylation sites (N-methyl/N-ethyl adjacent to an activating group) is 1. The number of pyridine rings is 1. The van der Waals surface area contributed by atoms with E-state index >= 15 is 0 Å². The first kappa shape index (κ1) is 18.2. The lowest BCUT2D eigenvalue weighted by molar-refractivity contribution is 0.0491. The molecule has 4 nitrogen and oxygen atoms in total. The Bertz CT molecular complexity index is 825. The number of rotatable bonds is 2. The monoisotopic (exact) mass is 363 g/mol. The van der Waals surface area contributed by atoms with E-state index < -0.39 is 0 Å². The molecule has 1 atom stereocenters. The normalized spacial score (nSPS) is 22.3. The molecule has 2 fully saturated rings. The van der Waals surface area contributed by atoms with Gasteiger partial charge in [0, 0.05) is 37.1 Å². The van der Waals surface area contributed by atoms with Crippen LogP contribution in [0.25, 0.3) is 0 Å². The van der Waals surface area contributed by atoms with Crippen LogP contribution in [0.15, 0.2) is 42.6 Å². The van der Waals surface area contributed by atoms with Crippen molar-refractivity contribution in [2.24, 2.45) is 0 Å². The van der Waals surface area contributed by atoms with Gasteiger partial charge in [-0.15, -0.1) is 0 Å². The highest BCUT2D eigenvalue weighted by Gasteiger charge is 2.46. The van der Waals surface area contributed by atoms with E-state index in [0.717, 1.165) is 49.3 Å². The molecule has 0 radical (unpaired) electrons. The van der Waals surface area contributed by atoms with Crippen molar-refractivity contribution < 1.29 is 4.79 Å². The fourth-order valence-electron chi connectivity index (χ4n) is 4.95. The van der Waals surface area contributed by atoms with Crippen molar-refractivity contribution >= 4 is 5.91 Å². The van der Waals surface area contributed by atoms with Crippen LogP contribution in [0.3, 0.4) is 0 Å². The molecule has 0 bridgehead atoms. The Balaban J connectivity index is 1.44. The molecule has 2 aliphatic heterocycles. The first-order valence-corrected chi connectivity index (χ1v) is 9.97. The number of benzene rings is 1. The van der Waals surface area contributed by atoms with Crippen LogP contribution in [0.2, 0.25) is 0 Å². The summed E-state index contributed by atoms with van der Waals surface area (Å²) in [6.45, 7) is 6.74. The second-order valence-corrected chi connectivity index (χ2v) is 8.35. The Morgan fingerprint density at radius 2 is 1.85 bits per heavy atom. The molecule has 0 aliphatic carbocycles. The average molecular weight is 364 g/mol. The second-order valence-electron chi connectivity index (χ2n) is 8.35. The molecule has 1 amide bonds. The van der Waals surface area contributed by atoms with Gasteiger partial charge in [-0.25, -0.2) is 0 Å². The molecular weight excluding hydrogens is 334 g/mol. The van der Waals surface area contributed by atoms with Gasteiger partial charge in [-0.2, -0.15) is 0 Å². The Morgan fingerprint density at radius 1 is 1.15 bits per heavy atom. The Morgan fingerprint density at radius 3 is 2.52 bits per heavy atom. The fourth-order valence-corrected chi connectivity index (χ4v) is 4.95.